The van der Waals surface area contributed by atoms with Crippen molar-refractivity contribution in [1.29, 1.82) is 0 Å². The molecule has 1 aromatic heterocycles. The summed E-state index contributed by atoms with van der Waals surface area (Å²) in [6.07, 6.45) is 1.19. The molecule has 0 saturated heterocycles. The van der Waals surface area contributed by atoms with Crippen LogP contribution in [0.5, 0.6) is 5.88 Å². The highest BCUT2D eigenvalue weighted by Gasteiger charge is 2.49. The summed E-state index contributed by atoms with van der Waals surface area (Å²) >= 11 is 0. The molecule has 18 heavy (non-hydrogen) atoms. The van der Waals surface area contributed by atoms with Gasteiger partial charge >= 0.3 is 15.6 Å². The lowest BCUT2D eigenvalue weighted by Crippen LogP contribution is -2.40. The van der Waals surface area contributed by atoms with E-state index in [1.54, 1.807) is 0 Å². The molecule has 0 saturated carbocycles. The number of halogens is 3. The van der Waals surface area contributed by atoms with Gasteiger partial charge in [0, 0.05) is 11.4 Å². The Bertz CT molecular complexity index is 537. The van der Waals surface area contributed by atoms with Crippen LogP contribution in [0, 0.1) is 0 Å². The van der Waals surface area contributed by atoms with E-state index in [-0.39, 0.29) is 0 Å². The van der Waals surface area contributed by atoms with Gasteiger partial charge < -0.3 is 4.18 Å². The summed E-state index contributed by atoms with van der Waals surface area (Å²) < 4.78 is 62.6. The van der Waals surface area contributed by atoms with Crippen molar-refractivity contribution in [2.75, 3.05) is 0 Å². The highest BCUT2D eigenvalue weighted by atomic mass is 32.2. The quantitative estimate of drug-likeness (QED) is 0.485. The molecule has 0 aliphatic carbocycles. The maximum absolute atomic E-state index is 12.2. The lowest BCUT2D eigenvalue weighted by molar-refractivity contribution is -0.0501. The molecule has 1 aromatic rings. The second kappa shape index (κ2) is 4.54. The zero-order valence-electron chi connectivity index (χ0n) is 9.95. The van der Waals surface area contributed by atoms with Gasteiger partial charge in [-0.3, -0.25) is 0 Å². The van der Waals surface area contributed by atoms with Gasteiger partial charge in [-0.25, -0.2) is 4.98 Å². The number of aromatic nitrogens is 1. The smallest absolute Gasteiger partial charge is 0.355 e. The van der Waals surface area contributed by atoms with Crippen molar-refractivity contribution in [3.8, 4) is 5.88 Å². The molecule has 0 aliphatic heterocycles. The zero-order chi connectivity index (χ0) is 14.2. The van der Waals surface area contributed by atoms with E-state index in [2.05, 4.69) is 9.17 Å². The van der Waals surface area contributed by atoms with Crippen LogP contribution >= 0.6 is 0 Å². The van der Waals surface area contributed by atoms with Crippen LogP contribution < -0.4 is 9.37 Å². The minimum absolute atomic E-state index is 0.415. The molecule has 9 heteroatoms. The van der Waals surface area contributed by atoms with Gasteiger partial charge in [0.2, 0.25) is 5.88 Å². The van der Waals surface area contributed by atoms with Crippen molar-refractivity contribution in [2.45, 2.75) is 25.1 Å². The summed E-state index contributed by atoms with van der Waals surface area (Å²) in [6, 6.07) is 3.06. The third-order valence-electron chi connectivity index (χ3n) is 2.05. The molecule has 0 N–H and O–H groups in total. The Morgan fingerprint density at radius 2 is 1.83 bits per heavy atom. The van der Waals surface area contributed by atoms with Crippen molar-refractivity contribution >= 4 is 23.4 Å². The van der Waals surface area contributed by atoms with Crippen LogP contribution in [0.15, 0.2) is 18.3 Å². The second-order valence-corrected chi connectivity index (χ2v) is 11.2. The van der Waals surface area contributed by atoms with Gasteiger partial charge in [-0.2, -0.15) is 21.6 Å². The first kappa shape index (κ1) is 15.0. The molecule has 0 bridgehead atoms. The second-order valence-electron chi connectivity index (χ2n) is 4.59. The summed E-state index contributed by atoms with van der Waals surface area (Å²) in [5.74, 6) is -0.492. The topological polar surface area (TPSA) is 56.3 Å². The number of nitrogens with zero attached hydrogens (tertiary/aromatic N) is 1. The minimum Gasteiger partial charge on any atom is -0.355 e. The Kier molecular flexibility index (Phi) is 3.77. The molecule has 1 heterocycles. The average Bonchev–Trinajstić information content (AvgIpc) is 2.14. The molecule has 4 nitrogen and oxygen atoms in total. The Hall–Kier alpha value is -1.09. The third-order valence-corrected chi connectivity index (χ3v) is 4.99. The predicted octanol–water partition coefficient (Wildman–Crippen LogP) is 1.86. The summed E-state index contributed by atoms with van der Waals surface area (Å²) in [5.41, 5.74) is -5.46. The molecule has 0 amide bonds. The minimum atomic E-state index is -5.67. The largest absolute Gasteiger partial charge is 0.534 e. The molecule has 102 valence electrons. The monoisotopic (exact) mass is 299 g/mol. The SMILES string of the molecule is C[Si](C)(C)c1cccnc1OS(=O)(=O)C(F)(F)F. The van der Waals surface area contributed by atoms with E-state index in [0.717, 1.165) is 0 Å². The maximum Gasteiger partial charge on any atom is 0.534 e. The van der Waals surface area contributed by atoms with Crippen molar-refractivity contribution in [2.24, 2.45) is 0 Å². The van der Waals surface area contributed by atoms with E-state index in [1.165, 1.54) is 18.3 Å². The summed E-state index contributed by atoms with van der Waals surface area (Å²) in [4.78, 5) is 3.58. The van der Waals surface area contributed by atoms with Crippen LogP contribution in [0.4, 0.5) is 13.2 Å². The number of hydrogen-bond acceptors (Lipinski definition) is 4. The maximum atomic E-state index is 12.2. The number of hydrogen-bond donors (Lipinski definition) is 0. The first-order valence-electron chi connectivity index (χ1n) is 4.91. The van der Waals surface area contributed by atoms with Gasteiger partial charge in [0.25, 0.3) is 0 Å². The highest BCUT2D eigenvalue weighted by Crippen LogP contribution is 2.26. The molecule has 0 atom stereocenters. The average molecular weight is 299 g/mol. The van der Waals surface area contributed by atoms with Crippen LogP contribution in [0.3, 0.4) is 0 Å². The molecular weight excluding hydrogens is 287 g/mol. The molecule has 0 spiro atoms. The van der Waals surface area contributed by atoms with Crippen LogP contribution in [-0.2, 0) is 10.1 Å². The predicted molar refractivity (Wildman–Crippen MR) is 62.8 cm³/mol. The summed E-state index contributed by atoms with van der Waals surface area (Å²) in [5, 5.41) is 0.415. The molecule has 0 fully saturated rings. The van der Waals surface area contributed by atoms with Crippen LogP contribution in [0.2, 0.25) is 19.6 Å². The molecule has 0 radical (unpaired) electrons. The standard InChI is InChI=1S/C9H12F3NO3SSi/c1-18(2,3)7-5-4-6-13-8(7)16-17(14,15)9(10,11)12/h4-6H,1-3H3. The van der Waals surface area contributed by atoms with E-state index in [1.807, 2.05) is 19.6 Å². The highest BCUT2D eigenvalue weighted by molar-refractivity contribution is 7.88. The Balaban J connectivity index is 3.22. The van der Waals surface area contributed by atoms with Crippen molar-refractivity contribution in [3.05, 3.63) is 18.3 Å². The summed E-state index contributed by atoms with van der Waals surface area (Å²) in [6.45, 7) is 5.53. The molecule has 0 aliphatic rings. The Labute approximate surface area is 104 Å². The van der Waals surface area contributed by atoms with Crippen LogP contribution in [-0.4, -0.2) is 27.0 Å². The van der Waals surface area contributed by atoms with Gasteiger partial charge in [0.05, 0.1) is 8.07 Å². The Morgan fingerprint density at radius 1 is 1.28 bits per heavy atom. The third kappa shape index (κ3) is 3.22. The summed E-state index contributed by atoms with van der Waals surface area (Å²) in [7, 11) is -7.73. The van der Waals surface area contributed by atoms with Gasteiger partial charge in [-0.05, 0) is 6.07 Å². The normalized spacial score (nSPS) is 13.4. The molecular formula is C9H12F3NO3SSi. The van der Waals surface area contributed by atoms with E-state index < -0.39 is 29.6 Å². The first-order valence-corrected chi connectivity index (χ1v) is 9.82. The van der Waals surface area contributed by atoms with Crippen LogP contribution in [0.1, 0.15) is 0 Å². The molecule has 1 rings (SSSR count). The number of alkyl halides is 3. The lowest BCUT2D eigenvalue weighted by Gasteiger charge is -2.19. The molecule has 0 unspecified atom stereocenters. The zero-order valence-corrected chi connectivity index (χ0v) is 11.8. The van der Waals surface area contributed by atoms with Gasteiger partial charge in [0.1, 0.15) is 0 Å². The number of pyridine rings is 1. The van der Waals surface area contributed by atoms with Crippen molar-refractivity contribution in [1.82, 2.24) is 4.98 Å². The van der Waals surface area contributed by atoms with Crippen LogP contribution in [0.25, 0.3) is 0 Å². The van der Waals surface area contributed by atoms with Gasteiger partial charge in [0.15, 0.2) is 0 Å². The van der Waals surface area contributed by atoms with Gasteiger partial charge in [-0.15, -0.1) is 0 Å². The Morgan fingerprint density at radius 3 is 2.28 bits per heavy atom. The van der Waals surface area contributed by atoms with E-state index in [4.69, 9.17) is 0 Å². The first-order chi connectivity index (χ1) is 7.95. The van der Waals surface area contributed by atoms with Gasteiger partial charge in [-0.1, -0.05) is 25.7 Å². The fourth-order valence-corrected chi connectivity index (χ4v) is 3.04. The van der Waals surface area contributed by atoms with E-state index in [9.17, 15) is 21.6 Å². The van der Waals surface area contributed by atoms with Crippen molar-refractivity contribution < 1.29 is 25.8 Å². The number of rotatable bonds is 3. The van der Waals surface area contributed by atoms with E-state index in [0.29, 0.717) is 5.19 Å². The lowest BCUT2D eigenvalue weighted by atomic mass is 10.5. The fourth-order valence-electron chi connectivity index (χ4n) is 1.18. The fraction of sp³-hybridized carbons (Fsp3) is 0.444. The van der Waals surface area contributed by atoms with Crippen molar-refractivity contribution in [3.63, 3.8) is 0 Å². The van der Waals surface area contributed by atoms with E-state index >= 15 is 0 Å². The molecule has 0 aromatic carbocycles.